The summed E-state index contributed by atoms with van der Waals surface area (Å²) < 4.78 is 493. The Labute approximate surface area is 395 Å². The minimum atomic E-state index is -6.97. The van der Waals surface area contributed by atoms with Crippen molar-refractivity contribution in [1.29, 1.82) is 0 Å². The third-order valence-corrected chi connectivity index (χ3v) is 9.15. The van der Waals surface area contributed by atoms with E-state index in [4.69, 9.17) is 0 Å². The summed E-state index contributed by atoms with van der Waals surface area (Å²) >= 11 is 3.05. The molecule has 70 heavy (non-hydrogen) atoms. The van der Waals surface area contributed by atoms with Crippen LogP contribution in [0.1, 0.15) is 6.42 Å². The van der Waals surface area contributed by atoms with E-state index in [9.17, 15) is 184 Å². The fourth-order valence-electron chi connectivity index (χ4n) is 2.78. The molecular weight excluding hydrogens is 1440 g/mol. The van der Waals surface area contributed by atoms with Crippen LogP contribution in [0.5, 0.6) is 0 Å². The molecule has 0 saturated heterocycles. The van der Waals surface area contributed by atoms with Crippen molar-refractivity contribution < 1.29 is 199 Å². The molecule has 0 heterocycles. The second kappa shape index (κ2) is 23.4. The molecule has 430 valence electrons. The molecule has 0 bridgehead atoms. The van der Waals surface area contributed by atoms with Gasteiger partial charge in [0.25, 0.3) is 5.67 Å². The van der Waals surface area contributed by atoms with Crippen LogP contribution in [0.15, 0.2) is 24.8 Å². The summed E-state index contributed by atoms with van der Waals surface area (Å²) in [6.07, 6.45) is -88.1. The molecule has 0 aromatic carbocycles. The average Bonchev–Trinajstić information content (AvgIpc) is 3.05. The number of halogens is 45. The van der Waals surface area contributed by atoms with Crippen molar-refractivity contribution in [3.8, 4) is 0 Å². The predicted octanol–water partition coefficient (Wildman–Crippen LogP) is 18.0. The molecule has 0 nitrogen and oxygen atoms in total. The zero-order chi connectivity index (χ0) is 59.4. The second-order valence-electron chi connectivity index (χ2n) is 11.4. The van der Waals surface area contributed by atoms with Gasteiger partial charge in [0.1, 0.15) is 0 Å². The van der Waals surface area contributed by atoms with Gasteiger partial charge in [0.15, 0.2) is 0 Å². The van der Waals surface area contributed by atoms with Crippen molar-refractivity contribution in [2.24, 2.45) is 0 Å². The van der Waals surface area contributed by atoms with Crippen molar-refractivity contribution in [3.63, 3.8) is 0 Å². The third-order valence-electron chi connectivity index (χ3n) is 6.63. The fraction of sp³-hybridized carbons (Fsp3) is 0.833. The first-order valence-electron chi connectivity index (χ1n) is 14.1. The van der Waals surface area contributed by atoms with Gasteiger partial charge in [-0.1, -0.05) is 29.2 Å². The Bertz CT molecular complexity index is 1490. The van der Waals surface area contributed by atoms with E-state index in [1.54, 1.807) is 0 Å². The molecule has 0 saturated carbocycles. The Morgan fingerprint density at radius 3 is 0.600 bits per heavy atom. The topological polar surface area (TPSA) is 0 Å². The van der Waals surface area contributed by atoms with Gasteiger partial charge < -0.3 is 0 Å². The molecule has 0 aromatic heterocycles. The van der Waals surface area contributed by atoms with Crippen molar-refractivity contribution in [2.75, 3.05) is 0 Å². The van der Waals surface area contributed by atoms with E-state index >= 15 is 0 Å². The Morgan fingerprint density at radius 2 is 0.514 bits per heavy atom. The van der Waals surface area contributed by atoms with Crippen molar-refractivity contribution in [1.82, 2.24) is 0 Å². The molecule has 0 rings (SSSR count). The summed E-state index contributed by atoms with van der Waals surface area (Å²) in [6, 6.07) is 0. The van der Waals surface area contributed by atoms with E-state index in [0.717, 1.165) is 0 Å². The van der Waals surface area contributed by atoms with Crippen LogP contribution in [0.3, 0.4) is 0 Å². The van der Waals surface area contributed by atoms with E-state index in [1.165, 1.54) is 0 Å². The first kappa shape index (κ1) is 77.7. The molecular formula is C24H8ClCuF42I2. The summed E-state index contributed by atoms with van der Waals surface area (Å²) in [6.45, 7) is 2.15. The Hall–Kier alpha value is -1.19. The normalized spacial score (nSPS) is 15.9. The molecule has 0 aromatic rings. The van der Waals surface area contributed by atoms with Crippen LogP contribution in [0.2, 0.25) is 0 Å². The van der Waals surface area contributed by atoms with E-state index < -0.39 is 135 Å². The standard InChI is InChI=1S/C8H3F14I.C8H2F14.C5H3F7.C3F7I.ClH.Cu/c9-3(5(11,12)13,6(14,15)16)1-2(23)4(10,7(17,18)19)8(20,21)22;9-3(5(11,12)13,6(14,15)16)1-2-4(10,7(17,18)19)8(20,21)22;1-2-3(6,4(7,8)9)5(10,11)12;4-1(11,2(5,6)7)3(8,9)10;;/h2H,1H2;1-2H;2H,1H2;;1H;/q;;;;;+1/p-1/b;2-1+;;;;. The van der Waals surface area contributed by atoms with E-state index in [-0.39, 0.29) is 45.2 Å². The fourth-order valence-corrected chi connectivity index (χ4v) is 4.09. The van der Waals surface area contributed by atoms with Crippen LogP contribution in [-0.4, -0.2) is 110 Å². The van der Waals surface area contributed by atoms with Gasteiger partial charge in [-0.05, 0) is 40.8 Å². The molecule has 0 aliphatic carbocycles. The number of rotatable bonds is 6. The van der Waals surface area contributed by atoms with Crippen LogP contribution in [0, 0.1) is 0 Å². The molecule has 0 aliphatic heterocycles. The summed E-state index contributed by atoms with van der Waals surface area (Å²) in [7, 11) is 4.20. The van der Waals surface area contributed by atoms with Crippen molar-refractivity contribution >= 4 is 55.3 Å². The monoisotopic (exact) mass is 1450 g/mol. The van der Waals surface area contributed by atoms with Crippen LogP contribution in [0.4, 0.5) is 184 Å². The van der Waals surface area contributed by atoms with Gasteiger partial charge in [-0.2, -0.15) is 158 Å². The Morgan fingerprint density at radius 1 is 0.329 bits per heavy atom. The van der Waals surface area contributed by atoms with Gasteiger partial charge in [0.2, 0.25) is 0 Å². The molecule has 0 aliphatic rings. The van der Waals surface area contributed by atoms with E-state index in [1.807, 2.05) is 0 Å². The molecule has 46 heteroatoms. The zero-order valence-electron chi connectivity index (χ0n) is 30.0. The molecule has 0 N–H and O–H groups in total. The molecule has 0 fully saturated rings. The van der Waals surface area contributed by atoms with Crippen molar-refractivity contribution in [2.45, 2.75) is 116 Å². The first-order chi connectivity index (χ1) is 29.4. The summed E-state index contributed by atoms with van der Waals surface area (Å²) in [5, 5.41) is 0. The van der Waals surface area contributed by atoms with Crippen molar-refractivity contribution in [3.05, 3.63) is 24.8 Å². The predicted molar refractivity (Wildman–Crippen MR) is 157 cm³/mol. The van der Waals surface area contributed by atoms with E-state index in [2.05, 4.69) is 31.8 Å². The maximum atomic E-state index is 13.3. The van der Waals surface area contributed by atoms with Gasteiger partial charge in [0.05, 0.1) is 3.92 Å². The first-order valence-corrected chi connectivity index (χ1v) is 17.7. The van der Waals surface area contributed by atoms with Gasteiger partial charge >= 0.3 is 126 Å². The second-order valence-corrected chi connectivity index (χ2v) is 14.4. The van der Waals surface area contributed by atoms with Crippen LogP contribution in [0.25, 0.3) is 0 Å². The molecule has 1 unspecified atom stereocenters. The number of allylic oxidation sites excluding steroid dienone is 3. The third kappa shape index (κ3) is 17.7. The average molecular weight is 1450 g/mol. The summed E-state index contributed by atoms with van der Waals surface area (Å²) in [5.74, 6) is 0. The van der Waals surface area contributed by atoms with Crippen LogP contribution < -0.4 is 0 Å². The minimum absolute atomic E-state index is 0.279. The van der Waals surface area contributed by atoms with Gasteiger partial charge in [0, 0.05) is 6.42 Å². The molecule has 0 radical (unpaired) electrons. The Balaban J connectivity index is -0.000000277. The molecule has 1 atom stereocenters. The SMILES string of the molecule is C=CC(F)(C(F)(F)F)C(F)(F)F.FC(F)(F)C(F)(/C=C/C(F)(C(F)(F)F)C(F)(F)F)C(F)(F)F.FC(F)(F)C(F)(CC(I)C(F)(C(F)(F)F)C(F)(F)F)C(F)(F)F.FC(F)(F)C(F)(I)C(F)(F)F.[Cl][Cu]. The molecule has 0 spiro atoms. The number of hydrogen-bond acceptors (Lipinski definition) is 0. The van der Waals surface area contributed by atoms with Crippen LogP contribution in [-0.2, 0) is 15.1 Å². The number of alkyl halides is 44. The summed E-state index contributed by atoms with van der Waals surface area (Å²) in [4.78, 5) is 0. The Kier molecular flexibility index (Phi) is 25.9. The number of hydrogen-bond donors (Lipinski definition) is 0. The maximum absolute atomic E-state index is 13.3. The van der Waals surface area contributed by atoms with Gasteiger partial charge in [-0.25, -0.2) is 26.3 Å². The van der Waals surface area contributed by atoms with Crippen LogP contribution >= 0.6 is 55.3 Å². The zero-order valence-corrected chi connectivity index (χ0v) is 36.0. The van der Waals surface area contributed by atoms with E-state index in [0.29, 0.717) is 0 Å². The van der Waals surface area contributed by atoms with Gasteiger partial charge in [-0.15, -0.1) is 0 Å². The summed E-state index contributed by atoms with van der Waals surface area (Å²) in [5.41, 5.74) is -31.5. The van der Waals surface area contributed by atoms with Gasteiger partial charge in [-0.3, -0.25) is 0 Å². The molecule has 0 amide bonds. The quantitative estimate of drug-likeness (QED) is 0.0817.